The number of carboxylic acids is 1. The van der Waals surface area contributed by atoms with E-state index in [1.165, 1.54) is 6.07 Å². The van der Waals surface area contributed by atoms with Crippen LogP contribution in [0.15, 0.2) is 52.9 Å². The van der Waals surface area contributed by atoms with E-state index in [0.29, 0.717) is 22.8 Å². The highest BCUT2D eigenvalue weighted by Crippen LogP contribution is 2.25. The summed E-state index contributed by atoms with van der Waals surface area (Å²) < 4.78 is 16.4. The number of carboxylic acid groups (broad SMARTS) is 1. The molecule has 0 unspecified atom stereocenters. The van der Waals surface area contributed by atoms with Gasteiger partial charge >= 0.3 is 5.97 Å². The van der Waals surface area contributed by atoms with Gasteiger partial charge in [-0.2, -0.15) is 0 Å². The third-order valence-corrected chi connectivity index (χ3v) is 3.25. The number of hydrogen-bond donors (Lipinski definition) is 1. The normalized spacial score (nSPS) is 10.6. The highest BCUT2D eigenvalue weighted by Gasteiger charge is 2.13. The van der Waals surface area contributed by atoms with Crippen molar-refractivity contribution >= 4 is 16.9 Å². The lowest BCUT2D eigenvalue weighted by Crippen LogP contribution is -1.96. The molecule has 0 bridgehead atoms. The average Bonchev–Trinajstić information content (AvgIpc) is 2.95. The third-order valence-electron chi connectivity index (χ3n) is 3.25. The van der Waals surface area contributed by atoms with Gasteiger partial charge in [0.05, 0.1) is 7.11 Å². The molecule has 22 heavy (non-hydrogen) atoms. The fourth-order valence-corrected chi connectivity index (χ4v) is 2.20. The summed E-state index contributed by atoms with van der Waals surface area (Å²) in [4.78, 5) is 11.2. The summed E-state index contributed by atoms with van der Waals surface area (Å²) in [5.74, 6) is 0.903. The molecule has 2 aromatic carbocycles. The molecule has 112 valence electrons. The van der Waals surface area contributed by atoms with Gasteiger partial charge in [0, 0.05) is 11.5 Å². The molecule has 3 rings (SSSR count). The van der Waals surface area contributed by atoms with Crippen molar-refractivity contribution in [3.05, 3.63) is 59.9 Å². The molecule has 0 spiro atoms. The number of ether oxygens (including phenoxy) is 2. The average molecular weight is 298 g/mol. The van der Waals surface area contributed by atoms with Gasteiger partial charge in [0.2, 0.25) is 0 Å². The molecule has 0 saturated heterocycles. The first-order chi connectivity index (χ1) is 10.7. The Morgan fingerprint density at radius 3 is 2.68 bits per heavy atom. The van der Waals surface area contributed by atoms with Crippen molar-refractivity contribution in [2.75, 3.05) is 7.11 Å². The molecule has 0 saturated carbocycles. The first-order valence-corrected chi connectivity index (χ1v) is 6.69. The summed E-state index contributed by atoms with van der Waals surface area (Å²) in [6, 6.07) is 14.0. The van der Waals surface area contributed by atoms with Crippen LogP contribution in [0.2, 0.25) is 0 Å². The first-order valence-electron chi connectivity index (χ1n) is 6.69. The lowest BCUT2D eigenvalue weighted by Gasteiger charge is -2.05. The predicted molar refractivity (Wildman–Crippen MR) is 80.5 cm³/mol. The van der Waals surface area contributed by atoms with Crippen LogP contribution in [0.4, 0.5) is 0 Å². The zero-order valence-corrected chi connectivity index (χ0v) is 11.9. The van der Waals surface area contributed by atoms with Gasteiger partial charge in [-0.1, -0.05) is 18.2 Å². The zero-order valence-electron chi connectivity index (χ0n) is 11.9. The van der Waals surface area contributed by atoms with E-state index in [4.69, 9.17) is 19.0 Å². The highest BCUT2D eigenvalue weighted by molar-refractivity contribution is 6.01. The van der Waals surface area contributed by atoms with E-state index in [-0.39, 0.29) is 12.2 Å². The van der Waals surface area contributed by atoms with Crippen LogP contribution in [0.25, 0.3) is 11.0 Å². The quantitative estimate of drug-likeness (QED) is 0.777. The van der Waals surface area contributed by atoms with Crippen LogP contribution in [-0.4, -0.2) is 18.2 Å². The Bertz CT molecular complexity index is 819. The second kappa shape index (κ2) is 5.81. The zero-order chi connectivity index (χ0) is 15.5. The van der Waals surface area contributed by atoms with E-state index in [9.17, 15) is 4.79 Å². The van der Waals surface area contributed by atoms with Crippen molar-refractivity contribution in [3.8, 4) is 11.5 Å². The monoisotopic (exact) mass is 298 g/mol. The van der Waals surface area contributed by atoms with Gasteiger partial charge in [-0.15, -0.1) is 0 Å². The molecule has 3 aromatic rings. The molecule has 1 aromatic heterocycles. The number of rotatable bonds is 5. The van der Waals surface area contributed by atoms with E-state index < -0.39 is 5.97 Å². The number of fused-ring (bicyclic) bond motifs is 1. The van der Waals surface area contributed by atoms with Crippen molar-refractivity contribution < 1.29 is 23.8 Å². The van der Waals surface area contributed by atoms with Gasteiger partial charge in [-0.25, -0.2) is 4.79 Å². The minimum atomic E-state index is -1.01. The van der Waals surface area contributed by atoms with Gasteiger partial charge in [-0.3, -0.25) is 0 Å². The molecule has 0 amide bonds. The Labute approximate surface area is 126 Å². The molecule has 1 heterocycles. The molecule has 0 aliphatic carbocycles. The first kappa shape index (κ1) is 14.0. The molecule has 5 nitrogen and oxygen atoms in total. The number of benzene rings is 2. The van der Waals surface area contributed by atoms with Crippen molar-refractivity contribution in [3.63, 3.8) is 0 Å². The fraction of sp³-hybridized carbons (Fsp3) is 0.118. The predicted octanol–water partition coefficient (Wildman–Crippen LogP) is 3.72. The number of hydrogen-bond acceptors (Lipinski definition) is 4. The van der Waals surface area contributed by atoms with Crippen LogP contribution in [0.1, 0.15) is 16.1 Å². The molecule has 5 heteroatoms. The molecule has 0 radical (unpaired) electrons. The molecule has 0 fully saturated rings. The highest BCUT2D eigenvalue weighted by atomic mass is 16.5. The molecular formula is C17H14O5. The van der Waals surface area contributed by atoms with Gasteiger partial charge in [0.15, 0.2) is 0 Å². The fourth-order valence-electron chi connectivity index (χ4n) is 2.20. The molecule has 1 N–H and O–H groups in total. The third kappa shape index (κ3) is 2.74. The Balaban J connectivity index is 1.82. The Hall–Kier alpha value is -2.95. The standard InChI is InChI=1S/C17H14O5/c1-20-12-5-3-6-13(9-12)21-10-14-8-11-4-2-7-15(17(18)19)16(11)22-14/h2-9H,10H2,1H3,(H,18,19). The van der Waals surface area contributed by atoms with E-state index in [1.807, 2.05) is 18.2 Å². The van der Waals surface area contributed by atoms with Crippen molar-refractivity contribution in [1.82, 2.24) is 0 Å². The van der Waals surface area contributed by atoms with Crippen molar-refractivity contribution in [2.45, 2.75) is 6.61 Å². The molecule has 0 aliphatic heterocycles. The molecule has 0 aliphatic rings. The van der Waals surface area contributed by atoms with Crippen LogP contribution in [0.3, 0.4) is 0 Å². The van der Waals surface area contributed by atoms with E-state index in [2.05, 4.69) is 0 Å². The lowest BCUT2D eigenvalue weighted by atomic mass is 10.1. The van der Waals surface area contributed by atoms with Crippen molar-refractivity contribution in [1.29, 1.82) is 0 Å². The number of carbonyl (C=O) groups is 1. The van der Waals surface area contributed by atoms with Gasteiger partial charge < -0.3 is 19.0 Å². The van der Waals surface area contributed by atoms with Gasteiger partial charge in [0.25, 0.3) is 0 Å². The van der Waals surface area contributed by atoms with Crippen LogP contribution in [0, 0.1) is 0 Å². The number of para-hydroxylation sites is 1. The van der Waals surface area contributed by atoms with E-state index in [0.717, 1.165) is 5.39 Å². The maximum Gasteiger partial charge on any atom is 0.339 e. The Morgan fingerprint density at radius 2 is 1.91 bits per heavy atom. The summed E-state index contributed by atoms with van der Waals surface area (Å²) in [6.07, 6.45) is 0. The summed E-state index contributed by atoms with van der Waals surface area (Å²) in [5, 5.41) is 9.89. The summed E-state index contributed by atoms with van der Waals surface area (Å²) >= 11 is 0. The number of furan rings is 1. The summed E-state index contributed by atoms with van der Waals surface area (Å²) in [6.45, 7) is 0.209. The number of methoxy groups -OCH3 is 1. The summed E-state index contributed by atoms with van der Waals surface area (Å²) in [5.41, 5.74) is 0.504. The summed E-state index contributed by atoms with van der Waals surface area (Å²) in [7, 11) is 1.59. The molecular weight excluding hydrogens is 284 g/mol. The number of aromatic carboxylic acids is 1. The van der Waals surface area contributed by atoms with E-state index in [1.54, 1.807) is 31.4 Å². The van der Waals surface area contributed by atoms with Gasteiger partial charge in [-0.05, 0) is 24.3 Å². The minimum absolute atomic E-state index is 0.144. The molecule has 0 atom stereocenters. The maximum absolute atomic E-state index is 11.2. The topological polar surface area (TPSA) is 68.9 Å². The van der Waals surface area contributed by atoms with Crippen LogP contribution in [0.5, 0.6) is 11.5 Å². The second-order valence-corrected chi connectivity index (χ2v) is 4.71. The Kier molecular flexibility index (Phi) is 3.70. The second-order valence-electron chi connectivity index (χ2n) is 4.71. The SMILES string of the molecule is COc1cccc(OCc2cc3cccc(C(=O)O)c3o2)c1. The van der Waals surface area contributed by atoms with Crippen LogP contribution in [-0.2, 0) is 6.61 Å². The van der Waals surface area contributed by atoms with Crippen LogP contribution < -0.4 is 9.47 Å². The maximum atomic E-state index is 11.2. The minimum Gasteiger partial charge on any atom is -0.497 e. The van der Waals surface area contributed by atoms with E-state index >= 15 is 0 Å². The van der Waals surface area contributed by atoms with Crippen molar-refractivity contribution in [2.24, 2.45) is 0 Å². The lowest BCUT2D eigenvalue weighted by molar-refractivity contribution is 0.0697. The Morgan fingerprint density at radius 1 is 1.14 bits per heavy atom. The van der Waals surface area contributed by atoms with Gasteiger partial charge in [0.1, 0.15) is 35.0 Å². The smallest absolute Gasteiger partial charge is 0.339 e. The van der Waals surface area contributed by atoms with Crippen LogP contribution >= 0.6 is 0 Å². The largest absolute Gasteiger partial charge is 0.497 e.